The monoisotopic (exact) mass is 531 g/mol. The number of aliphatic imine (C=N–C) groups is 1. The summed E-state index contributed by atoms with van der Waals surface area (Å²) in [6.45, 7) is 10.7. The molecule has 0 spiro atoms. The van der Waals surface area contributed by atoms with Crippen molar-refractivity contribution in [3.63, 3.8) is 0 Å². The van der Waals surface area contributed by atoms with Crippen LogP contribution in [-0.2, 0) is 11.2 Å². The number of amides is 1. The van der Waals surface area contributed by atoms with Gasteiger partial charge in [0.2, 0.25) is 0 Å². The van der Waals surface area contributed by atoms with Gasteiger partial charge in [-0.2, -0.15) is 0 Å². The molecule has 1 aromatic carbocycles. The zero-order valence-corrected chi connectivity index (χ0v) is 21.1. The summed E-state index contributed by atoms with van der Waals surface area (Å²) >= 11 is 0. The van der Waals surface area contributed by atoms with Gasteiger partial charge < -0.3 is 20.3 Å². The Morgan fingerprint density at radius 3 is 2.30 bits per heavy atom. The van der Waals surface area contributed by atoms with Gasteiger partial charge in [-0.15, -0.1) is 24.0 Å². The summed E-state index contributed by atoms with van der Waals surface area (Å²) in [6.07, 6.45) is 4.44. The van der Waals surface area contributed by atoms with Crippen LogP contribution in [0.4, 0.5) is 10.5 Å². The Bertz CT molecular complexity index is 652. The lowest BCUT2D eigenvalue weighted by atomic mass is 10.1. The quantitative estimate of drug-likeness (QED) is 0.283. The van der Waals surface area contributed by atoms with Crippen LogP contribution in [0.3, 0.4) is 0 Å². The molecule has 30 heavy (non-hydrogen) atoms. The molecule has 0 saturated carbocycles. The highest BCUT2D eigenvalue weighted by Crippen LogP contribution is 2.13. The van der Waals surface area contributed by atoms with Crippen LogP contribution in [0, 0.1) is 0 Å². The van der Waals surface area contributed by atoms with Crippen molar-refractivity contribution < 1.29 is 9.53 Å². The fourth-order valence-corrected chi connectivity index (χ4v) is 3.24. The normalized spacial score (nSPS) is 15.1. The molecule has 1 aliphatic heterocycles. The van der Waals surface area contributed by atoms with Gasteiger partial charge in [0.25, 0.3) is 0 Å². The third kappa shape index (κ3) is 11.0. The van der Waals surface area contributed by atoms with E-state index in [9.17, 15) is 4.79 Å². The van der Waals surface area contributed by atoms with E-state index in [1.807, 2.05) is 45.0 Å². The highest BCUT2D eigenvalue weighted by atomic mass is 127. The summed E-state index contributed by atoms with van der Waals surface area (Å²) in [4.78, 5) is 18.6. The Morgan fingerprint density at radius 2 is 1.70 bits per heavy atom. The first-order chi connectivity index (χ1) is 13.9. The topological polar surface area (TPSA) is 78.0 Å². The molecule has 1 aliphatic rings. The molecule has 0 aromatic heterocycles. The SMILES string of the molecule is CN=C(NCCc1ccc(NC(=O)OC(C)(C)C)cc1)NCCN1CCCCC1.I. The second kappa shape index (κ2) is 13.7. The molecule has 3 N–H and O–H groups in total. The van der Waals surface area contributed by atoms with E-state index in [1.54, 1.807) is 7.05 Å². The Hall–Kier alpha value is -1.55. The number of ether oxygens (including phenoxy) is 1. The molecule has 2 rings (SSSR count). The van der Waals surface area contributed by atoms with Gasteiger partial charge in [0, 0.05) is 32.4 Å². The molecule has 1 fully saturated rings. The van der Waals surface area contributed by atoms with Crippen molar-refractivity contribution in [2.45, 2.75) is 52.1 Å². The lowest BCUT2D eigenvalue weighted by Gasteiger charge is -2.26. The fraction of sp³-hybridized carbons (Fsp3) is 0.636. The van der Waals surface area contributed by atoms with Crippen LogP contribution in [-0.4, -0.2) is 62.3 Å². The molecule has 8 heteroatoms. The van der Waals surface area contributed by atoms with Crippen molar-refractivity contribution in [2.24, 2.45) is 4.99 Å². The summed E-state index contributed by atoms with van der Waals surface area (Å²) in [5.41, 5.74) is 1.41. The summed E-state index contributed by atoms with van der Waals surface area (Å²) in [5.74, 6) is 0.838. The van der Waals surface area contributed by atoms with E-state index in [4.69, 9.17) is 4.74 Å². The minimum absolute atomic E-state index is 0. The predicted octanol–water partition coefficient (Wildman–Crippen LogP) is 3.85. The van der Waals surface area contributed by atoms with Crippen molar-refractivity contribution in [1.82, 2.24) is 15.5 Å². The lowest BCUT2D eigenvalue weighted by molar-refractivity contribution is 0.0636. The number of anilines is 1. The van der Waals surface area contributed by atoms with E-state index < -0.39 is 11.7 Å². The average Bonchev–Trinajstić information content (AvgIpc) is 2.67. The van der Waals surface area contributed by atoms with E-state index >= 15 is 0 Å². The van der Waals surface area contributed by atoms with Crippen molar-refractivity contribution in [3.8, 4) is 0 Å². The molecule has 1 saturated heterocycles. The van der Waals surface area contributed by atoms with Crippen LogP contribution in [0.15, 0.2) is 29.3 Å². The maximum Gasteiger partial charge on any atom is 0.412 e. The van der Waals surface area contributed by atoms with Gasteiger partial charge in [0.1, 0.15) is 5.60 Å². The molecular formula is C22H38IN5O2. The number of nitrogens with one attached hydrogen (secondary N) is 3. The third-order valence-corrected chi connectivity index (χ3v) is 4.70. The minimum atomic E-state index is -0.504. The lowest BCUT2D eigenvalue weighted by Crippen LogP contribution is -2.43. The van der Waals surface area contributed by atoms with Crippen LogP contribution >= 0.6 is 24.0 Å². The van der Waals surface area contributed by atoms with Gasteiger partial charge >= 0.3 is 6.09 Å². The molecule has 1 amide bonds. The average molecular weight is 531 g/mol. The zero-order chi connectivity index (χ0) is 21.1. The smallest absolute Gasteiger partial charge is 0.412 e. The highest BCUT2D eigenvalue weighted by molar-refractivity contribution is 14.0. The second-order valence-electron chi connectivity index (χ2n) is 8.40. The van der Waals surface area contributed by atoms with Crippen LogP contribution in [0.25, 0.3) is 0 Å². The highest BCUT2D eigenvalue weighted by Gasteiger charge is 2.16. The second-order valence-corrected chi connectivity index (χ2v) is 8.40. The number of likely N-dealkylation sites (tertiary alicyclic amines) is 1. The Balaban J connectivity index is 0.00000450. The number of rotatable bonds is 7. The molecule has 170 valence electrons. The number of nitrogens with zero attached hydrogens (tertiary/aromatic N) is 2. The Kier molecular flexibility index (Phi) is 12.1. The summed E-state index contributed by atoms with van der Waals surface area (Å²) in [7, 11) is 1.80. The zero-order valence-electron chi connectivity index (χ0n) is 18.8. The number of piperidine rings is 1. The summed E-state index contributed by atoms with van der Waals surface area (Å²) < 4.78 is 5.26. The molecule has 0 atom stereocenters. The number of hydrogen-bond donors (Lipinski definition) is 3. The van der Waals surface area contributed by atoms with Gasteiger partial charge in [-0.1, -0.05) is 18.6 Å². The van der Waals surface area contributed by atoms with Crippen LogP contribution in [0.1, 0.15) is 45.6 Å². The maximum atomic E-state index is 11.8. The molecule has 0 bridgehead atoms. The van der Waals surface area contributed by atoms with E-state index in [0.29, 0.717) is 0 Å². The van der Waals surface area contributed by atoms with Gasteiger partial charge in [0.15, 0.2) is 5.96 Å². The molecule has 1 heterocycles. The van der Waals surface area contributed by atoms with Crippen molar-refractivity contribution >= 4 is 41.7 Å². The first-order valence-electron chi connectivity index (χ1n) is 10.6. The minimum Gasteiger partial charge on any atom is -0.444 e. The summed E-state index contributed by atoms with van der Waals surface area (Å²) in [5, 5.41) is 9.50. The van der Waals surface area contributed by atoms with E-state index in [1.165, 1.54) is 37.9 Å². The first-order valence-corrected chi connectivity index (χ1v) is 10.6. The molecule has 0 unspecified atom stereocenters. The van der Waals surface area contributed by atoms with Crippen molar-refractivity contribution in [3.05, 3.63) is 29.8 Å². The van der Waals surface area contributed by atoms with Crippen molar-refractivity contribution in [2.75, 3.05) is 45.1 Å². The van der Waals surface area contributed by atoms with E-state index in [-0.39, 0.29) is 24.0 Å². The van der Waals surface area contributed by atoms with E-state index in [0.717, 1.165) is 37.7 Å². The van der Waals surface area contributed by atoms with Crippen LogP contribution in [0.5, 0.6) is 0 Å². The van der Waals surface area contributed by atoms with Crippen LogP contribution < -0.4 is 16.0 Å². The standard InChI is InChI=1S/C22H37N5O2.HI/c1-22(2,3)29-21(28)26-19-10-8-18(9-11-19)12-13-24-20(23-4)25-14-17-27-15-6-5-7-16-27;/h8-11H,5-7,12-17H2,1-4H3,(H,26,28)(H2,23,24,25);1H. The van der Waals surface area contributed by atoms with Crippen molar-refractivity contribution in [1.29, 1.82) is 0 Å². The molecule has 0 radical (unpaired) electrons. The Morgan fingerprint density at radius 1 is 1.07 bits per heavy atom. The maximum absolute atomic E-state index is 11.8. The molecule has 1 aromatic rings. The first kappa shape index (κ1) is 26.5. The van der Waals surface area contributed by atoms with E-state index in [2.05, 4.69) is 25.8 Å². The largest absolute Gasteiger partial charge is 0.444 e. The van der Waals surface area contributed by atoms with Crippen LogP contribution in [0.2, 0.25) is 0 Å². The number of carbonyl (C=O) groups excluding carboxylic acids is 1. The third-order valence-electron chi connectivity index (χ3n) is 4.70. The fourth-order valence-electron chi connectivity index (χ4n) is 3.24. The number of guanidine groups is 1. The molecule has 7 nitrogen and oxygen atoms in total. The summed E-state index contributed by atoms with van der Waals surface area (Å²) in [6, 6.07) is 7.82. The molecule has 0 aliphatic carbocycles. The number of benzene rings is 1. The van der Waals surface area contributed by atoms with Gasteiger partial charge in [-0.25, -0.2) is 4.79 Å². The Labute approximate surface area is 198 Å². The molecular weight excluding hydrogens is 493 g/mol. The number of carbonyl (C=O) groups is 1. The predicted molar refractivity (Wildman–Crippen MR) is 135 cm³/mol. The van der Waals surface area contributed by atoms with Gasteiger partial charge in [0.05, 0.1) is 0 Å². The van der Waals surface area contributed by atoms with Gasteiger partial charge in [-0.3, -0.25) is 10.3 Å². The van der Waals surface area contributed by atoms with Gasteiger partial charge in [-0.05, 0) is 70.8 Å². The number of hydrogen-bond acceptors (Lipinski definition) is 4. The number of halogens is 1.